The van der Waals surface area contributed by atoms with Crippen LogP contribution in [0.1, 0.15) is 6.42 Å². The lowest BCUT2D eigenvalue weighted by Gasteiger charge is -1.86. The van der Waals surface area contributed by atoms with E-state index in [1.54, 1.807) is 12.2 Å². The minimum absolute atomic E-state index is 0.163. The molecule has 1 nitrogen and oxygen atoms in total. The maximum atomic E-state index is 10.7. The van der Waals surface area contributed by atoms with Gasteiger partial charge in [-0.25, -0.2) is 0 Å². The molecule has 0 N–H and O–H groups in total. The number of allylic oxidation sites excluding steroid dienone is 6. The molecular weight excluding hydrogens is 112 g/mol. The average molecular weight is 120 g/mol. The molecule has 0 radical (unpaired) electrons. The third-order valence-corrected chi connectivity index (χ3v) is 1.07. The fourth-order valence-corrected chi connectivity index (χ4v) is 0.622. The number of rotatable bonds is 0. The summed E-state index contributed by atoms with van der Waals surface area (Å²) in [5.74, 6) is 0.163. The molecule has 1 heteroatoms. The van der Waals surface area contributed by atoms with Crippen molar-refractivity contribution in [3.8, 4) is 0 Å². The van der Waals surface area contributed by atoms with Crippen molar-refractivity contribution in [3.05, 3.63) is 36.5 Å². The Bertz CT molecular complexity index is 185. The second-order valence-corrected chi connectivity index (χ2v) is 1.84. The van der Waals surface area contributed by atoms with Gasteiger partial charge in [0.15, 0.2) is 5.78 Å². The first kappa shape index (κ1) is 6.02. The van der Waals surface area contributed by atoms with Crippen LogP contribution >= 0.6 is 0 Å². The molecule has 0 bridgehead atoms. The molecule has 0 fully saturated rings. The van der Waals surface area contributed by atoms with Crippen molar-refractivity contribution in [2.45, 2.75) is 6.42 Å². The molecule has 0 aromatic heterocycles. The number of carbonyl (C=O) groups excluding carboxylic acids is 1. The van der Waals surface area contributed by atoms with E-state index >= 15 is 0 Å². The Morgan fingerprint density at radius 1 is 1.11 bits per heavy atom. The second kappa shape index (κ2) is 3.02. The summed E-state index contributed by atoms with van der Waals surface area (Å²) < 4.78 is 0. The van der Waals surface area contributed by atoms with Gasteiger partial charge in [0.25, 0.3) is 0 Å². The highest BCUT2D eigenvalue weighted by Crippen LogP contribution is 1.93. The quantitative estimate of drug-likeness (QED) is 0.474. The minimum Gasteiger partial charge on any atom is -0.295 e. The molecule has 0 atom stereocenters. The lowest BCUT2D eigenvalue weighted by molar-refractivity contribution is -0.113. The summed E-state index contributed by atoms with van der Waals surface area (Å²) in [7, 11) is 0. The Hall–Kier alpha value is -1.11. The third kappa shape index (κ3) is 2.08. The maximum Gasteiger partial charge on any atom is 0.159 e. The predicted molar refractivity (Wildman–Crippen MR) is 37.0 cm³/mol. The smallest absolute Gasteiger partial charge is 0.159 e. The molecule has 46 valence electrons. The monoisotopic (exact) mass is 120 g/mol. The van der Waals surface area contributed by atoms with E-state index < -0.39 is 0 Å². The van der Waals surface area contributed by atoms with E-state index in [0.717, 1.165) is 0 Å². The van der Waals surface area contributed by atoms with E-state index in [0.29, 0.717) is 6.42 Å². The van der Waals surface area contributed by atoms with Gasteiger partial charge in [-0.1, -0.05) is 30.4 Å². The SMILES string of the molecule is O=C1\C=C/C=C\C=C/C1. The topological polar surface area (TPSA) is 17.1 Å². The molecule has 1 rings (SSSR count). The second-order valence-electron chi connectivity index (χ2n) is 1.84. The zero-order chi connectivity index (χ0) is 6.53. The fourth-order valence-electron chi connectivity index (χ4n) is 0.622. The van der Waals surface area contributed by atoms with Crippen LogP contribution in [-0.4, -0.2) is 5.78 Å². The molecule has 0 aromatic carbocycles. The van der Waals surface area contributed by atoms with Gasteiger partial charge in [-0.3, -0.25) is 4.79 Å². The van der Waals surface area contributed by atoms with Crippen molar-refractivity contribution in [3.63, 3.8) is 0 Å². The van der Waals surface area contributed by atoms with Crippen molar-refractivity contribution in [2.24, 2.45) is 0 Å². The summed E-state index contributed by atoms with van der Waals surface area (Å²) >= 11 is 0. The molecule has 1 aliphatic rings. The highest BCUT2D eigenvalue weighted by atomic mass is 16.1. The highest BCUT2D eigenvalue weighted by Gasteiger charge is 1.90. The molecule has 0 unspecified atom stereocenters. The highest BCUT2D eigenvalue weighted by molar-refractivity contribution is 5.91. The van der Waals surface area contributed by atoms with Gasteiger partial charge in [0.1, 0.15) is 0 Å². The molecule has 0 saturated carbocycles. The van der Waals surface area contributed by atoms with Gasteiger partial charge in [-0.15, -0.1) is 0 Å². The summed E-state index contributed by atoms with van der Waals surface area (Å²) in [6.07, 6.45) is 11.3. The van der Waals surface area contributed by atoms with E-state index in [1.165, 1.54) is 0 Å². The van der Waals surface area contributed by atoms with Crippen LogP contribution in [-0.2, 0) is 4.79 Å². The van der Waals surface area contributed by atoms with Gasteiger partial charge in [-0.05, 0) is 6.08 Å². The lowest BCUT2D eigenvalue weighted by atomic mass is 10.2. The number of carbonyl (C=O) groups is 1. The van der Waals surface area contributed by atoms with Crippen LogP contribution in [0.15, 0.2) is 36.5 Å². The maximum absolute atomic E-state index is 10.7. The van der Waals surface area contributed by atoms with Crippen LogP contribution < -0.4 is 0 Å². The van der Waals surface area contributed by atoms with Crippen molar-refractivity contribution in [1.29, 1.82) is 0 Å². The molecule has 0 aromatic rings. The Labute approximate surface area is 54.4 Å². The number of hydrogen-bond donors (Lipinski definition) is 0. The van der Waals surface area contributed by atoms with Gasteiger partial charge in [0, 0.05) is 6.42 Å². The average Bonchev–Trinajstić information content (AvgIpc) is 1.79. The molecule has 0 spiro atoms. The fraction of sp³-hybridized carbons (Fsp3) is 0.125. The van der Waals surface area contributed by atoms with Crippen LogP contribution in [0.2, 0.25) is 0 Å². The summed E-state index contributed by atoms with van der Waals surface area (Å²) in [6, 6.07) is 0. The van der Waals surface area contributed by atoms with Crippen molar-refractivity contribution in [1.82, 2.24) is 0 Å². The predicted octanol–water partition coefficient (Wildman–Crippen LogP) is 1.63. The summed E-state index contributed by atoms with van der Waals surface area (Å²) in [6.45, 7) is 0. The summed E-state index contributed by atoms with van der Waals surface area (Å²) in [4.78, 5) is 10.7. The van der Waals surface area contributed by atoms with Gasteiger partial charge in [0.05, 0.1) is 0 Å². The Morgan fingerprint density at radius 3 is 2.78 bits per heavy atom. The minimum atomic E-state index is 0.163. The summed E-state index contributed by atoms with van der Waals surface area (Å²) in [5, 5.41) is 0. The van der Waals surface area contributed by atoms with Gasteiger partial charge in [-0.2, -0.15) is 0 Å². The number of hydrogen-bond acceptors (Lipinski definition) is 1. The normalized spacial score (nSPS) is 28.2. The van der Waals surface area contributed by atoms with E-state index in [2.05, 4.69) is 0 Å². The van der Waals surface area contributed by atoms with Crippen LogP contribution in [0.25, 0.3) is 0 Å². The largest absolute Gasteiger partial charge is 0.295 e. The van der Waals surface area contributed by atoms with Crippen LogP contribution in [0.5, 0.6) is 0 Å². The molecule has 0 heterocycles. The van der Waals surface area contributed by atoms with Crippen LogP contribution in [0.3, 0.4) is 0 Å². The Balaban J connectivity index is 2.70. The lowest BCUT2D eigenvalue weighted by Crippen LogP contribution is -1.88. The van der Waals surface area contributed by atoms with Crippen molar-refractivity contribution >= 4 is 5.78 Å². The van der Waals surface area contributed by atoms with Crippen LogP contribution in [0.4, 0.5) is 0 Å². The Kier molecular flexibility index (Phi) is 2.02. The van der Waals surface area contributed by atoms with Gasteiger partial charge >= 0.3 is 0 Å². The van der Waals surface area contributed by atoms with E-state index in [9.17, 15) is 4.79 Å². The molecule has 0 aliphatic heterocycles. The standard InChI is InChI=1S/C8H8O/c9-8-6-4-2-1-3-5-7-8/h1-6H,7H2/b2-1-,5-3-,6-4-. The zero-order valence-electron chi connectivity index (χ0n) is 5.08. The molecular formula is C8H8O. The van der Waals surface area contributed by atoms with Crippen LogP contribution in [0, 0.1) is 0 Å². The van der Waals surface area contributed by atoms with E-state index in [4.69, 9.17) is 0 Å². The first-order valence-corrected chi connectivity index (χ1v) is 2.92. The third-order valence-electron chi connectivity index (χ3n) is 1.07. The molecule has 9 heavy (non-hydrogen) atoms. The van der Waals surface area contributed by atoms with Crippen molar-refractivity contribution in [2.75, 3.05) is 0 Å². The zero-order valence-corrected chi connectivity index (χ0v) is 5.08. The number of ketones is 1. The first-order chi connectivity index (χ1) is 4.39. The van der Waals surface area contributed by atoms with E-state index in [-0.39, 0.29) is 5.78 Å². The first-order valence-electron chi connectivity index (χ1n) is 2.92. The summed E-state index contributed by atoms with van der Waals surface area (Å²) in [5.41, 5.74) is 0. The van der Waals surface area contributed by atoms with Crippen molar-refractivity contribution < 1.29 is 4.79 Å². The van der Waals surface area contributed by atoms with Gasteiger partial charge < -0.3 is 0 Å². The molecule has 0 saturated heterocycles. The van der Waals surface area contributed by atoms with Gasteiger partial charge in [0.2, 0.25) is 0 Å². The molecule has 1 aliphatic carbocycles. The molecule has 0 amide bonds. The Morgan fingerprint density at radius 2 is 1.89 bits per heavy atom. The van der Waals surface area contributed by atoms with E-state index in [1.807, 2.05) is 24.3 Å².